The standard InChI is InChI=1S/C10H11ClO/c11-9-6-8(9)10(12)7-4-2-1-3-5-7/h1-5,8-10,12H,6H2/t8-,9-,10?/m1/s1. The highest BCUT2D eigenvalue weighted by Gasteiger charge is 2.41. The van der Waals surface area contributed by atoms with E-state index in [-0.39, 0.29) is 17.4 Å². The smallest absolute Gasteiger partial charge is 0.0832 e. The Morgan fingerprint density at radius 1 is 1.33 bits per heavy atom. The van der Waals surface area contributed by atoms with Gasteiger partial charge in [0.05, 0.1) is 6.10 Å². The topological polar surface area (TPSA) is 20.2 Å². The third kappa shape index (κ3) is 1.47. The number of aliphatic hydroxyl groups excluding tert-OH is 1. The van der Waals surface area contributed by atoms with Crippen LogP contribution in [0.3, 0.4) is 0 Å². The first-order valence-electron chi connectivity index (χ1n) is 4.16. The Bertz CT molecular complexity index is 260. The highest BCUT2D eigenvalue weighted by Crippen LogP contribution is 2.45. The van der Waals surface area contributed by atoms with E-state index in [4.69, 9.17) is 11.6 Å². The van der Waals surface area contributed by atoms with Crippen LogP contribution in [0.2, 0.25) is 0 Å². The molecule has 1 aliphatic rings. The third-order valence-corrected chi connectivity index (χ3v) is 2.81. The Hall–Kier alpha value is -0.530. The predicted octanol–water partition coefficient (Wildman–Crippen LogP) is 2.35. The van der Waals surface area contributed by atoms with Crippen molar-refractivity contribution in [2.24, 2.45) is 5.92 Å². The van der Waals surface area contributed by atoms with Crippen LogP contribution in [0.25, 0.3) is 0 Å². The molecule has 0 heterocycles. The molecule has 1 saturated carbocycles. The third-order valence-electron chi connectivity index (χ3n) is 2.31. The van der Waals surface area contributed by atoms with Gasteiger partial charge in [0.2, 0.25) is 0 Å². The van der Waals surface area contributed by atoms with Gasteiger partial charge in [0, 0.05) is 11.3 Å². The second-order valence-corrected chi connectivity index (χ2v) is 3.83. The van der Waals surface area contributed by atoms with Gasteiger partial charge in [0.25, 0.3) is 0 Å². The van der Waals surface area contributed by atoms with Gasteiger partial charge in [-0.05, 0) is 12.0 Å². The fraction of sp³-hybridized carbons (Fsp3) is 0.400. The number of hydrogen-bond acceptors (Lipinski definition) is 1. The minimum Gasteiger partial charge on any atom is -0.388 e. The zero-order valence-corrected chi connectivity index (χ0v) is 7.41. The molecule has 64 valence electrons. The van der Waals surface area contributed by atoms with Crippen molar-refractivity contribution >= 4 is 11.6 Å². The van der Waals surface area contributed by atoms with Crippen molar-refractivity contribution in [3.8, 4) is 0 Å². The lowest BCUT2D eigenvalue weighted by Crippen LogP contribution is -2.00. The van der Waals surface area contributed by atoms with Crippen molar-refractivity contribution in [2.75, 3.05) is 0 Å². The fourth-order valence-corrected chi connectivity index (χ4v) is 1.75. The van der Waals surface area contributed by atoms with Crippen molar-refractivity contribution in [2.45, 2.75) is 17.9 Å². The summed E-state index contributed by atoms with van der Waals surface area (Å²) in [6.45, 7) is 0. The minimum atomic E-state index is -0.367. The number of halogens is 1. The summed E-state index contributed by atoms with van der Waals surface area (Å²) < 4.78 is 0. The molecule has 1 nitrogen and oxygen atoms in total. The molecule has 2 rings (SSSR count). The molecule has 1 aromatic rings. The van der Waals surface area contributed by atoms with E-state index in [1.807, 2.05) is 30.3 Å². The van der Waals surface area contributed by atoms with Crippen LogP contribution >= 0.6 is 11.6 Å². The molecule has 0 saturated heterocycles. The van der Waals surface area contributed by atoms with Crippen LogP contribution in [0, 0.1) is 5.92 Å². The molecule has 1 aromatic carbocycles. The zero-order chi connectivity index (χ0) is 8.55. The first kappa shape index (κ1) is 8.09. The van der Waals surface area contributed by atoms with Crippen LogP contribution < -0.4 is 0 Å². The van der Waals surface area contributed by atoms with Crippen LogP contribution in [0.4, 0.5) is 0 Å². The number of benzene rings is 1. The molecule has 1 aliphatic carbocycles. The van der Waals surface area contributed by atoms with Crippen LogP contribution in [-0.4, -0.2) is 10.5 Å². The maximum atomic E-state index is 9.75. The van der Waals surface area contributed by atoms with E-state index in [1.54, 1.807) is 0 Å². The maximum Gasteiger partial charge on any atom is 0.0832 e. The van der Waals surface area contributed by atoms with Gasteiger partial charge < -0.3 is 5.11 Å². The van der Waals surface area contributed by atoms with Gasteiger partial charge >= 0.3 is 0 Å². The van der Waals surface area contributed by atoms with Crippen molar-refractivity contribution in [1.29, 1.82) is 0 Å². The highest BCUT2D eigenvalue weighted by atomic mass is 35.5. The number of aliphatic hydroxyl groups is 1. The van der Waals surface area contributed by atoms with Gasteiger partial charge in [-0.3, -0.25) is 0 Å². The maximum absolute atomic E-state index is 9.75. The van der Waals surface area contributed by atoms with Gasteiger partial charge in [-0.1, -0.05) is 30.3 Å². The summed E-state index contributed by atoms with van der Waals surface area (Å²) in [5, 5.41) is 9.93. The molecule has 1 fully saturated rings. The average Bonchev–Trinajstić information content (AvgIpc) is 2.83. The summed E-state index contributed by atoms with van der Waals surface area (Å²) in [4.78, 5) is 0. The molecule has 2 heteroatoms. The zero-order valence-electron chi connectivity index (χ0n) is 6.65. The highest BCUT2D eigenvalue weighted by molar-refractivity contribution is 6.22. The van der Waals surface area contributed by atoms with Gasteiger partial charge in [-0.15, -0.1) is 11.6 Å². The Morgan fingerprint density at radius 2 is 1.92 bits per heavy atom. The van der Waals surface area contributed by atoms with E-state index in [0.717, 1.165) is 12.0 Å². The van der Waals surface area contributed by atoms with E-state index in [9.17, 15) is 5.11 Å². The Balaban J connectivity index is 2.10. The molecule has 1 N–H and O–H groups in total. The molecule has 3 atom stereocenters. The van der Waals surface area contributed by atoms with Crippen molar-refractivity contribution < 1.29 is 5.11 Å². The van der Waals surface area contributed by atoms with E-state index >= 15 is 0 Å². The summed E-state index contributed by atoms with van der Waals surface area (Å²) in [5.41, 5.74) is 0.977. The molecule has 0 aliphatic heterocycles. The van der Waals surface area contributed by atoms with E-state index in [0.29, 0.717) is 0 Å². The van der Waals surface area contributed by atoms with Gasteiger partial charge in [-0.25, -0.2) is 0 Å². The molecule has 0 amide bonds. The number of alkyl halides is 1. The van der Waals surface area contributed by atoms with Crippen LogP contribution in [0.5, 0.6) is 0 Å². The lowest BCUT2D eigenvalue weighted by Gasteiger charge is -2.08. The first-order valence-corrected chi connectivity index (χ1v) is 4.60. The van der Waals surface area contributed by atoms with Crippen molar-refractivity contribution in [3.05, 3.63) is 35.9 Å². The summed E-state index contributed by atoms with van der Waals surface area (Å²) in [6, 6.07) is 9.69. The van der Waals surface area contributed by atoms with E-state index in [2.05, 4.69) is 0 Å². The second kappa shape index (κ2) is 3.08. The van der Waals surface area contributed by atoms with Crippen molar-refractivity contribution in [1.82, 2.24) is 0 Å². The van der Waals surface area contributed by atoms with Crippen LogP contribution in [-0.2, 0) is 0 Å². The lowest BCUT2D eigenvalue weighted by atomic mass is 10.1. The summed E-state index contributed by atoms with van der Waals surface area (Å²) in [6.07, 6.45) is 0.575. The SMILES string of the molecule is OC(c1ccccc1)[C@@H]1C[C@H]1Cl. The Morgan fingerprint density at radius 3 is 2.42 bits per heavy atom. The number of rotatable bonds is 2. The van der Waals surface area contributed by atoms with Gasteiger partial charge in [0.15, 0.2) is 0 Å². The minimum absolute atomic E-state index is 0.181. The molecule has 0 aromatic heterocycles. The molecular weight excluding hydrogens is 172 g/mol. The predicted molar refractivity (Wildman–Crippen MR) is 49.1 cm³/mol. The molecule has 0 bridgehead atoms. The normalized spacial score (nSPS) is 29.8. The second-order valence-electron chi connectivity index (χ2n) is 3.27. The summed E-state index contributed by atoms with van der Waals surface area (Å²) in [7, 11) is 0. The molecule has 0 spiro atoms. The molecular formula is C10H11ClO. The van der Waals surface area contributed by atoms with Crippen molar-refractivity contribution in [3.63, 3.8) is 0 Å². The van der Waals surface area contributed by atoms with E-state index in [1.165, 1.54) is 0 Å². The van der Waals surface area contributed by atoms with E-state index < -0.39 is 0 Å². The quantitative estimate of drug-likeness (QED) is 0.697. The van der Waals surface area contributed by atoms with Gasteiger partial charge in [-0.2, -0.15) is 0 Å². The largest absolute Gasteiger partial charge is 0.388 e. The summed E-state index contributed by atoms with van der Waals surface area (Å²) >= 11 is 5.84. The molecule has 1 unspecified atom stereocenters. The van der Waals surface area contributed by atoms with Gasteiger partial charge in [0.1, 0.15) is 0 Å². The summed E-state index contributed by atoms with van der Waals surface area (Å²) in [5.74, 6) is 0.272. The van der Waals surface area contributed by atoms with Crippen LogP contribution in [0.15, 0.2) is 30.3 Å². The average molecular weight is 183 g/mol. The lowest BCUT2D eigenvalue weighted by molar-refractivity contribution is 0.154. The Kier molecular flexibility index (Phi) is 2.07. The molecule has 0 radical (unpaired) electrons. The fourth-order valence-electron chi connectivity index (χ4n) is 1.41. The number of hydrogen-bond donors (Lipinski definition) is 1. The van der Waals surface area contributed by atoms with Crippen LogP contribution in [0.1, 0.15) is 18.1 Å². The first-order chi connectivity index (χ1) is 5.79. The monoisotopic (exact) mass is 182 g/mol. The molecule has 12 heavy (non-hydrogen) atoms. The Labute approximate surface area is 77.0 Å².